The molecule has 0 unspecified atom stereocenters. The van der Waals surface area contributed by atoms with Crippen LogP contribution in [0.4, 0.5) is 13.2 Å². The van der Waals surface area contributed by atoms with Gasteiger partial charge in [-0.2, -0.15) is 13.2 Å². The highest BCUT2D eigenvalue weighted by Crippen LogP contribution is 2.19. The Kier molecular flexibility index (Phi) is 2.87. The maximum Gasteiger partial charge on any atom is 0.449 e. The lowest BCUT2D eigenvalue weighted by molar-refractivity contribution is -0.171. The molecule has 0 aliphatic carbocycles. The molecule has 0 rings (SSSR count). The zero-order valence-electron chi connectivity index (χ0n) is 5.83. The zero-order valence-corrected chi connectivity index (χ0v) is 5.83. The standard InChI is InChI=1S/C6H9F3O/c1-4(2)3-5(10)6(7,8)9/h4H,3H2,1-2H3. The molecule has 0 amide bonds. The molecule has 0 aromatic rings. The fourth-order valence-electron chi connectivity index (χ4n) is 0.487. The van der Waals surface area contributed by atoms with Crippen LogP contribution >= 0.6 is 0 Å². The van der Waals surface area contributed by atoms with Crippen molar-refractivity contribution in [1.29, 1.82) is 0 Å². The summed E-state index contributed by atoms with van der Waals surface area (Å²) in [6.45, 7) is 3.15. The van der Waals surface area contributed by atoms with E-state index in [1.165, 1.54) is 0 Å². The maximum atomic E-state index is 11.5. The van der Waals surface area contributed by atoms with Crippen molar-refractivity contribution in [3.8, 4) is 0 Å². The van der Waals surface area contributed by atoms with Crippen molar-refractivity contribution in [1.82, 2.24) is 0 Å². The Morgan fingerprint density at radius 1 is 1.40 bits per heavy atom. The predicted octanol–water partition coefficient (Wildman–Crippen LogP) is 2.16. The molecule has 0 aliphatic rings. The van der Waals surface area contributed by atoms with Gasteiger partial charge >= 0.3 is 6.18 Å². The third-order valence-corrected chi connectivity index (χ3v) is 0.910. The van der Waals surface area contributed by atoms with Crippen LogP contribution in [0, 0.1) is 5.92 Å². The molecule has 0 heterocycles. The Labute approximate surface area is 57.2 Å². The largest absolute Gasteiger partial charge is 0.449 e. The molecule has 0 aliphatic heterocycles. The van der Waals surface area contributed by atoms with Crippen molar-refractivity contribution in [2.24, 2.45) is 5.92 Å². The van der Waals surface area contributed by atoms with Crippen molar-refractivity contribution >= 4 is 5.78 Å². The molecule has 0 N–H and O–H groups in total. The van der Waals surface area contributed by atoms with Gasteiger partial charge in [-0.1, -0.05) is 13.8 Å². The van der Waals surface area contributed by atoms with E-state index in [4.69, 9.17) is 0 Å². The lowest BCUT2D eigenvalue weighted by Gasteiger charge is -2.05. The lowest BCUT2D eigenvalue weighted by Crippen LogP contribution is -2.23. The molecular formula is C6H9F3O. The number of carbonyl (C=O) groups is 1. The van der Waals surface area contributed by atoms with Crippen LogP contribution in [-0.4, -0.2) is 12.0 Å². The summed E-state index contributed by atoms with van der Waals surface area (Å²) in [5.41, 5.74) is 0. The summed E-state index contributed by atoms with van der Waals surface area (Å²) in [6.07, 6.45) is -5.06. The van der Waals surface area contributed by atoms with Gasteiger partial charge in [0.15, 0.2) is 0 Å². The van der Waals surface area contributed by atoms with Gasteiger partial charge in [-0.3, -0.25) is 4.79 Å². The number of rotatable bonds is 2. The number of alkyl halides is 3. The highest BCUT2D eigenvalue weighted by Gasteiger charge is 2.37. The molecule has 0 saturated carbocycles. The molecule has 0 aromatic heterocycles. The summed E-state index contributed by atoms with van der Waals surface area (Å²) in [5.74, 6) is -1.86. The van der Waals surface area contributed by atoms with Crippen LogP contribution in [0.25, 0.3) is 0 Å². The monoisotopic (exact) mass is 154 g/mol. The van der Waals surface area contributed by atoms with Crippen LogP contribution in [0.2, 0.25) is 0 Å². The second-order valence-corrected chi connectivity index (χ2v) is 2.52. The minimum absolute atomic E-state index is 0.228. The van der Waals surface area contributed by atoms with E-state index in [0.29, 0.717) is 0 Å². The quantitative estimate of drug-likeness (QED) is 0.595. The van der Waals surface area contributed by atoms with E-state index in [0.717, 1.165) is 0 Å². The fraction of sp³-hybridized carbons (Fsp3) is 0.833. The van der Waals surface area contributed by atoms with Crippen LogP contribution in [0.3, 0.4) is 0 Å². The molecule has 0 radical (unpaired) electrons. The number of halogens is 3. The minimum atomic E-state index is -4.65. The number of ketones is 1. The topological polar surface area (TPSA) is 17.1 Å². The number of carbonyl (C=O) groups excluding carboxylic acids is 1. The third kappa shape index (κ3) is 3.48. The Balaban J connectivity index is 3.87. The van der Waals surface area contributed by atoms with Crippen LogP contribution in [-0.2, 0) is 4.79 Å². The van der Waals surface area contributed by atoms with Gasteiger partial charge in [-0.15, -0.1) is 0 Å². The Bertz CT molecular complexity index is 125. The van der Waals surface area contributed by atoms with Gasteiger partial charge < -0.3 is 0 Å². The molecule has 10 heavy (non-hydrogen) atoms. The predicted molar refractivity (Wildman–Crippen MR) is 30.5 cm³/mol. The van der Waals surface area contributed by atoms with Gasteiger partial charge in [-0.25, -0.2) is 0 Å². The van der Waals surface area contributed by atoms with Gasteiger partial charge in [0.1, 0.15) is 0 Å². The highest BCUT2D eigenvalue weighted by molar-refractivity contribution is 5.84. The number of Topliss-reactive ketones (excluding diaryl/α,β-unsaturated/α-hetero) is 1. The summed E-state index contributed by atoms with van der Waals surface area (Å²) in [4.78, 5) is 10.2. The molecule has 0 atom stereocenters. The summed E-state index contributed by atoms with van der Waals surface area (Å²) >= 11 is 0. The molecule has 0 fully saturated rings. The van der Waals surface area contributed by atoms with Crippen molar-refractivity contribution in [2.75, 3.05) is 0 Å². The fourth-order valence-corrected chi connectivity index (χ4v) is 0.487. The smallest absolute Gasteiger partial charge is 0.290 e. The van der Waals surface area contributed by atoms with E-state index in [9.17, 15) is 18.0 Å². The van der Waals surface area contributed by atoms with Gasteiger partial charge in [0.05, 0.1) is 0 Å². The van der Waals surface area contributed by atoms with Crippen molar-refractivity contribution in [3.05, 3.63) is 0 Å². The molecule has 1 nitrogen and oxygen atoms in total. The third-order valence-electron chi connectivity index (χ3n) is 0.910. The normalized spacial score (nSPS) is 12.2. The lowest BCUT2D eigenvalue weighted by atomic mass is 10.1. The van der Waals surface area contributed by atoms with Crippen LogP contribution < -0.4 is 0 Å². The number of hydrogen-bond donors (Lipinski definition) is 0. The van der Waals surface area contributed by atoms with Crippen molar-refractivity contribution in [2.45, 2.75) is 26.4 Å². The molecule has 60 valence electrons. The van der Waals surface area contributed by atoms with Gasteiger partial charge in [-0.05, 0) is 5.92 Å². The Morgan fingerprint density at radius 3 is 1.90 bits per heavy atom. The molecule has 0 bridgehead atoms. The van der Waals surface area contributed by atoms with Gasteiger partial charge in [0.25, 0.3) is 0 Å². The van der Waals surface area contributed by atoms with Crippen LogP contribution in [0.1, 0.15) is 20.3 Å². The van der Waals surface area contributed by atoms with Gasteiger partial charge in [0, 0.05) is 6.42 Å². The zero-order chi connectivity index (χ0) is 8.36. The summed E-state index contributed by atoms with van der Waals surface area (Å²) in [6, 6.07) is 0. The first kappa shape index (κ1) is 9.46. The van der Waals surface area contributed by atoms with E-state index in [2.05, 4.69) is 0 Å². The SMILES string of the molecule is CC(C)CC(=O)C(F)(F)F. The summed E-state index contributed by atoms with van der Waals surface area (Å²) < 4.78 is 34.4. The minimum Gasteiger partial charge on any atom is -0.290 e. The first-order valence-electron chi connectivity index (χ1n) is 2.94. The molecule has 0 aromatic carbocycles. The number of hydrogen-bond acceptors (Lipinski definition) is 1. The Morgan fingerprint density at radius 2 is 1.80 bits per heavy atom. The van der Waals surface area contributed by atoms with E-state index >= 15 is 0 Å². The first-order valence-corrected chi connectivity index (χ1v) is 2.94. The van der Waals surface area contributed by atoms with Gasteiger partial charge in [0.2, 0.25) is 5.78 Å². The van der Waals surface area contributed by atoms with Crippen molar-refractivity contribution in [3.63, 3.8) is 0 Å². The molecular weight excluding hydrogens is 145 g/mol. The molecule has 0 saturated heterocycles. The second kappa shape index (κ2) is 3.03. The average Bonchev–Trinajstić information content (AvgIpc) is 1.60. The van der Waals surface area contributed by atoms with Crippen molar-refractivity contribution < 1.29 is 18.0 Å². The van der Waals surface area contributed by atoms with E-state index in [1.807, 2.05) is 0 Å². The first-order chi connectivity index (χ1) is 4.34. The van der Waals surface area contributed by atoms with E-state index in [-0.39, 0.29) is 5.92 Å². The highest BCUT2D eigenvalue weighted by atomic mass is 19.4. The molecule has 4 heteroatoms. The van der Waals surface area contributed by atoms with Crippen LogP contribution in [0.5, 0.6) is 0 Å². The van der Waals surface area contributed by atoms with E-state index < -0.39 is 18.4 Å². The summed E-state index contributed by atoms with van der Waals surface area (Å²) in [5, 5.41) is 0. The molecule has 0 spiro atoms. The second-order valence-electron chi connectivity index (χ2n) is 2.52. The Hall–Kier alpha value is -0.540. The average molecular weight is 154 g/mol. The van der Waals surface area contributed by atoms with E-state index in [1.54, 1.807) is 13.8 Å². The van der Waals surface area contributed by atoms with Crippen LogP contribution in [0.15, 0.2) is 0 Å². The maximum absolute atomic E-state index is 11.5. The summed E-state index contributed by atoms with van der Waals surface area (Å²) in [7, 11) is 0.